The molecule has 0 aliphatic heterocycles. The molecule has 0 spiro atoms. The minimum atomic E-state index is 0.577. The van der Waals surface area contributed by atoms with E-state index in [9.17, 15) is 0 Å². The molecule has 0 unspecified atom stereocenters. The fourth-order valence-electron chi connectivity index (χ4n) is 7.30. The summed E-state index contributed by atoms with van der Waals surface area (Å²) >= 11 is 0. The topological polar surface area (TPSA) is 77.3 Å². The highest BCUT2D eigenvalue weighted by molar-refractivity contribution is 6.28. The average molecular weight is 679 g/mol. The van der Waals surface area contributed by atoms with E-state index >= 15 is 0 Å². The molecule has 53 heavy (non-hydrogen) atoms. The maximum Gasteiger partial charge on any atom is 0.164 e. The SMILES string of the molecule is Cc1cc2ccc3c(-c4nc(-c5ccccc5)nc(-c5ccccc5)n4)cc(-c4nc(-c5ccccc5)nc(-c5ccccc5)n4)c4ccc(c1)c2c34. The Kier molecular flexibility index (Phi) is 7.25. The third-order valence-electron chi connectivity index (χ3n) is 9.74. The lowest BCUT2D eigenvalue weighted by Crippen LogP contribution is -2.03. The van der Waals surface area contributed by atoms with Crippen molar-refractivity contribution in [1.29, 1.82) is 0 Å². The van der Waals surface area contributed by atoms with Gasteiger partial charge in [0.15, 0.2) is 34.9 Å². The smallest absolute Gasteiger partial charge is 0.164 e. The number of aryl methyl sites for hydroxylation is 1. The monoisotopic (exact) mass is 678 g/mol. The Morgan fingerprint density at radius 1 is 0.302 bits per heavy atom. The van der Waals surface area contributed by atoms with Gasteiger partial charge in [-0.2, -0.15) is 0 Å². The Morgan fingerprint density at radius 2 is 0.623 bits per heavy atom. The van der Waals surface area contributed by atoms with Crippen molar-refractivity contribution in [2.75, 3.05) is 0 Å². The first-order valence-electron chi connectivity index (χ1n) is 17.6. The second-order valence-electron chi connectivity index (χ2n) is 13.2. The van der Waals surface area contributed by atoms with Crippen molar-refractivity contribution in [2.24, 2.45) is 0 Å². The third-order valence-corrected chi connectivity index (χ3v) is 9.74. The number of benzene rings is 8. The highest BCUT2D eigenvalue weighted by atomic mass is 15.0. The van der Waals surface area contributed by atoms with E-state index in [0.717, 1.165) is 49.5 Å². The Hall–Kier alpha value is -7.18. The zero-order valence-corrected chi connectivity index (χ0v) is 28.8. The van der Waals surface area contributed by atoms with Gasteiger partial charge in [0.1, 0.15) is 0 Å². The molecule has 0 fully saturated rings. The summed E-state index contributed by atoms with van der Waals surface area (Å²) < 4.78 is 0. The van der Waals surface area contributed by atoms with Gasteiger partial charge >= 0.3 is 0 Å². The Balaban J connectivity index is 1.32. The van der Waals surface area contributed by atoms with Gasteiger partial charge in [-0.05, 0) is 50.9 Å². The Morgan fingerprint density at radius 3 is 0.962 bits per heavy atom. The number of hydrogen-bond acceptors (Lipinski definition) is 6. The van der Waals surface area contributed by atoms with Crippen LogP contribution in [0.3, 0.4) is 0 Å². The van der Waals surface area contributed by atoms with Crippen LogP contribution in [-0.4, -0.2) is 29.9 Å². The Labute approximate surface area is 305 Å². The highest BCUT2D eigenvalue weighted by Crippen LogP contribution is 2.44. The lowest BCUT2D eigenvalue weighted by Gasteiger charge is -2.18. The summed E-state index contributed by atoms with van der Waals surface area (Å²) in [6, 6.07) is 55.8. The van der Waals surface area contributed by atoms with Crippen molar-refractivity contribution in [3.63, 3.8) is 0 Å². The van der Waals surface area contributed by atoms with Crippen LogP contribution < -0.4 is 0 Å². The van der Waals surface area contributed by atoms with Crippen molar-refractivity contribution in [3.05, 3.63) is 169 Å². The number of aromatic nitrogens is 6. The molecule has 0 bridgehead atoms. The first-order valence-corrected chi connectivity index (χ1v) is 17.6. The molecule has 10 aromatic rings. The van der Waals surface area contributed by atoms with Crippen molar-refractivity contribution in [2.45, 2.75) is 6.92 Å². The maximum atomic E-state index is 5.19. The van der Waals surface area contributed by atoms with Gasteiger partial charge in [0, 0.05) is 33.4 Å². The van der Waals surface area contributed by atoms with Crippen LogP contribution in [0.5, 0.6) is 0 Å². The second kappa shape index (κ2) is 12.5. The first-order chi connectivity index (χ1) is 26.2. The van der Waals surface area contributed by atoms with E-state index in [1.807, 2.05) is 121 Å². The van der Waals surface area contributed by atoms with Crippen LogP contribution in [0.15, 0.2) is 164 Å². The van der Waals surface area contributed by atoms with Crippen LogP contribution in [0.2, 0.25) is 0 Å². The molecule has 0 amide bonds. The minimum absolute atomic E-state index is 0.577. The molecule has 10 rings (SSSR count). The zero-order valence-electron chi connectivity index (χ0n) is 28.8. The summed E-state index contributed by atoms with van der Waals surface area (Å²) in [5.74, 6) is 3.58. The van der Waals surface area contributed by atoms with Gasteiger partial charge in [-0.1, -0.05) is 158 Å². The normalized spacial score (nSPS) is 11.5. The molecular formula is C47H30N6. The summed E-state index contributed by atoms with van der Waals surface area (Å²) in [4.78, 5) is 30.7. The molecule has 0 aliphatic carbocycles. The lowest BCUT2D eigenvalue weighted by atomic mass is 9.88. The third kappa shape index (κ3) is 5.45. The molecule has 0 aliphatic rings. The predicted molar refractivity (Wildman–Crippen MR) is 214 cm³/mol. The van der Waals surface area contributed by atoms with E-state index in [0.29, 0.717) is 34.9 Å². The molecule has 248 valence electrons. The number of rotatable bonds is 6. The summed E-state index contributed by atoms with van der Waals surface area (Å²) in [5, 5.41) is 6.77. The van der Waals surface area contributed by atoms with Crippen LogP contribution >= 0.6 is 0 Å². The van der Waals surface area contributed by atoms with Crippen LogP contribution in [0, 0.1) is 6.92 Å². The van der Waals surface area contributed by atoms with Gasteiger partial charge in [-0.3, -0.25) is 0 Å². The van der Waals surface area contributed by atoms with Gasteiger partial charge in [0.2, 0.25) is 0 Å². The molecule has 0 N–H and O–H groups in total. The molecular weight excluding hydrogens is 649 g/mol. The quantitative estimate of drug-likeness (QED) is 0.163. The summed E-state index contributed by atoms with van der Waals surface area (Å²) in [5.41, 5.74) is 6.63. The zero-order chi connectivity index (χ0) is 35.3. The van der Waals surface area contributed by atoms with Crippen molar-refractivity contribution in [1.82, 2.24) is 29.9 Å². The highest BCUT2D eigenvalue weighted by Gasteiger charge is 2.22. The molecule has 8 aromatic carbocycles. The summed E-state index contributed by atoms with van der Waals surface area (Å²) in [7, 11) is 0. The minimum Gasteiger partial charge on any atom is -0.208 e. The first kappa shape index (κ1) is 30.6. The molecule has 6 heteroatoms. The van der Waals surface area contributed by atoms with E-state index in [1.165, 1.54) is 21.7 Å². The molecule has 6 nitrogen and oxygen atoms in total. The van der Waals surface area contributed by atoms with E-state index in [4.69, 9.17) is 29.9 Å². The molecule has 0 radical (unpaired) electrons. The van der Waals surface area contributed by atoms with Gasteiger partial charge in [0.25, 0.3) is 0 Å². The fourth-order valence-corrected chi connectivity index (χ4v) is 7.30. The molecule has 0 atom stereocenters. The van der Waals surface area contributed by atoms with Gasteiger partial charge in [-0.25, -0.2) is 29.9 Å². The van der Waals surface area contributed by atoms with Crippen molar-refractivity contribution < 1.29 is 0 Å². The standard InChI is InChI=1S/C47H30N6/c1-29-26-34-22-24-36-38(46-50-42(30-14-6-2-7-15-30)48-43(51-46)31-16-8-3-9-17-31)28-39(37-25-23-35(27-29)40(34)41(36)37)47-52-44(32-18-10-4-11-19-32)49-45(53-47)33-20-12-5-13-21-33/h2-28H,1H3. The number of hydrogen-bond donors (Lipinski definition) is 0. The van der Waals surface area contributed by atoms with E-state index in [2.05, 4.69) is 49.4 Å². The van der Waals surface area contributed by atoms with Gasteiger partial charge < -0.3 is 0 Å². The molecule has 2 heterocycles. The van der Waals surface area contributed by atoms with Crippen LogP contribution in [0.25, 0.3) is 101 Å². The molecule has 0 saturated heterocycles. The van der Waals surface area contributed by atoms with E-state index in [1.54, 1.807) is 0 Å². The van der Waals surface area contributed by atoms with Crippen LogP contribution in [0.4, 0.5) is 0 Å². The van der Waals surface area contributed by atoms with Crippen LogP contribution in [-0.2, 0) is 0 Å². The molecule has 2 aromatic heterocycles. The van der Waals surface area contributed by atoms with E-state index in [-0.39, 0.29) is 0 Å². The van der Waals surface area contributed by atoms with Crippen molar-refractivity contribution >= 4 is 32.3 Å². The van der Waals surface area contributed by atoms with Crippen molar-refractivity contribution in [3.8, 4) is 68.3 Å². The molecule has 0 saturated carbocycles. The van der Waals surface area contributed by atoms with E-state index < -0.39 is 0 Å². The fraction of sp³-hybridized carbons (Fsp3) is 0.0213. The summed E-state index contributed by atoms with van der Waals surface area (Å²) in [6.07, 6.45) is 0. The van der Waals surface area contributed by atoms with Crippen LogP contribution in [0.1, 0.15) is 5.56 Å². The average Bonchev–Trinajstić information content (AvgIpc) is 3.23. The van der Waals surface area contributed by atoms with Gasteiger partial charge in [-0.15, -0.1) is 0 Å². The predicted octanol–water partition coefficient (Wildman–Crippen LogP) is 11.3. The summed E-state index contributed by atoms with van der Waals surface area (Å²) in [6.45, 7) is 2.15. The Bertz CT molecular complexity index is 2620. The van der Waals surface area contributed by atoms with Gasteiger partial charge in [0.05, 0.1) is 0 Å². The largest absolute Gasteiger partial charge is 0.208 e. The maximum absolute atomic E-state index is 5.19. The lowest BCUT2D eigenvalue weighted by molar-refractivity contribution is 1.07. The number of nitrogens with zero attached hydrogens (tertiary/aromatic N) is 6. The second-order valence-corrected chi connectivity index (χ2v) is 13.2.